The van der Waals surface area contributed by atoms with Crippen molar-refractivity contribution in [2.24, 2.45) is 0 Å². The lowest BCUT2D eigenvalue weighted by Gasteiger charge is -2.40. The summed E-state index contributed by atoms with van der Waals surface area (Å²) < 4.78 is 24.4. The quantitative estimate of drug-likeness (QED) is 0.721. The molecule has 1 fully saturated rings. The molecule has 0 aromatic heterocycles. The minimum Gasteiger partial charge on any atom is -0.347 e. The van der Waals surface area contributed by atoms with Crippen LogP contribution in [-0.4, -0.2) is 53.1 Å². The Balaban J connectivity index is 2.01. The van der Waals surface area contributed by atoms with Crippen LogP contribution in [0.4, 0.5) is 0 Å². The number of rotatable bonds is 6. The van der Waals surface area contributed by atoms with E-state index in [4.69, 9.17) is 14.3 Å². The highest BCUT2D eigenvalue weighted by atomic mass is 32.2. The highest BCUT2D eigenvalue weighted by Gasteiger charge is 2.37. The van der Waals surface area contributed by atoms with Crippen molar-refractivity contribution >= 4 is 16.7 Å². The normalized spacial score (nSPS) is 23.9. The van der Waals surface area contributed by atoms with Crippen LogP contribution in [0.15, 0.2) is 29.2 Å². The Bertz CT molecular complexity index is 616. The van der Waals surface area contributed by atoms with Gasteiger partial charge in [0.15, 0.2) is 5.79 Å². The second kappa shape index (κ2) is 8.40. The minimum atomic E-state index is -1.16. The van der Waals surface area contributed by atoms with Gasteiger partial charge in [-0.15, -0.1) is 0 Å². The summed E-state index contributed by atoms with van der Waals surface area (Å²) in [5.74, 6) is -0.610. The van der Waals surface area contributed by atoms with Crippen LogP contribution < -0.4 is 0 Å². The number of aryl methyl sites for hydroxylation is 1. The van der Waals surface area contributed by atoms with Crippen LogP contribution in [0.1, 0.15) is 32.3 Å². The second-order valence-corrected chi connectivity index (χ2v) is 8.21. The average molecular weight is 369 g/mol. The van der Waals surface area contributed by atoms with Gasteiger partial charge in [-0.05, 0) is 32.9 Å². The van der Waals surface area contributed by atoms with Gasteiger partial charge in [0.2, 0.25) is 5.91 Å². The van der Waals surface area contributed by atoms with Crippen molar-refractivity contribution in [3.05, 3.63) is 29.8 Å². The first-order valence-corrected chi connectivity index (χ1v) is 9.63. The van der Waals surface area contributed by atoms with Gasteiger partial charge in [0.25, 0.3) is 0 Å². The van der Waals surface area contributed by atoms with Crippen LogP contribution in [0.3, 0.4) is 0 Å². The molecule has 0 spiro atoms. The molecule has 1 saturated heterocycles. The summed E-state index contributed by atoms with van der Waals surface area (Å²) in [6.45, 7) is 5.62. The molecule has 1 aromatic carbocycles. The third-order valence-corrected chi connectivity index (χ3v) is 5.55. The molecule has 1 aliphatic rings. The molecule has 6 nitrogen and oxygen atoms in total. The van der Waals surface area contributed by atoms with E-state index >= 15 is 0 Å². The lowest BCUT2D eigenvalue weighted by atomic mass is 10.1. The Labute approximate surface area is 151 Å². The Morgan fingerprint density at radius 2 is 1.88 bits per heavy atom. The smallest absolute Gasteiger partial charge is 0.248 e. The lowest BCUT2D eigenvalue weighted by molar-refractivity contribution is -0.295. The molecule has 0 unspecified atom stereocenters. The molecule has 0 saturated carbocycles. The molecule has 1 aromatic rings. The fraction of sp³-hybridized carbons (Fsp3) is 0.611. The van der Waals surface area contributed by atoms with Gasteiger partial charge in [0.1, 0.15) is 0 Å². The van der Waals surface area contributed by atoms with Crippen LogP contribution in [0.25, 0.3) is 0 Å². The molecule has 0 aliphatic carbocycles. The monoisotopic (exact) mass is 369 g/mol. The van der Waals surface area contributed by atoms with Gasteiger partial charge in [0, 0.05) is 18.4 Å². The van der Waals surface area contributed by atoms with Crippen LogP contribution in [0, 0.1) is 6.92 Å². The number of hydrogen-bond donors (Lipinski definition) is 0. The fourth-order valence-corrected chi connectivity index (χ4v) is 4.00. The lowest BCUT2D eigenvalue weighted by Crippen LogP contribution is -2.47. The van der Waals surface area contributed by atoms with E-state index in [0.717, 1.165) is 10.5 Å². The molecule has 1 aliphatic heterocycles. The number of nitrogens with zero attached hydrogens (tertiary/aromatic N) is 1. The van der Waals surface area contributed by atoms with Gasteiger partial charge in [-0.2, -0.15) is 0 Å². The molecule has 2 rings (SSSR count). The van der Waals surface area contributed by atoms with Crippen LogP contribution >= 0.6 is 0 Å². The maximum atomic E-state index is 12.6. The maximum Gasteiger partial charge on any atom is 0.248 e. The Morgan fingerprint density at radius 3 is 2.48 bits per heavy atom. The topological polar surface area (TPSA) is 65.1 Å². The molecule has 1 heterocycles. The number of benzene rings is 1. The van der Waals surface area contributed by atoms with Crippen molar-refractivity contribution in [3.8, 4) is 0 Å². The van der Waals surface area contributed by atoms with Gasteiger partial charge in [0.05, 0.1) is 42.3 Å². The number of ether oxygens (including phenoxy) is 2. The number of carbonyl (C=O) groups is 1. The molecule has 3 atom stereocenters. The molecular formula is C18H27NO5S. The van der Waals surface area contributed by atoms with Crippen molar-refractivity contribution < 1.29 is 23.3 Å². The predicted molar refractivity (Wildman–Crippen MR) is 95.3 cm³/mol. The van der Waals surface area contributed by atoms with Crippen molar-refractivity contribution in [1.82, 2.24) is 5.06 Å². The predicted octanol–water partition coefficient (Wildman–Crippen LogP) is 2.42. The number of carbonyl (C=O) groups excluding carboxylic acids is 1. The molecule has 25 heavy (non-hydrogen) atoms. The molecule has 7 heteroatoms. The first-order chi connectivity index (χ1) is 11.7. The molecule has 0 bridgehead atoms. The van der Waals surface area contributed by atoms with E-state index in [1.54, 1.807) is 7.05 Å². The third-order valence-electron chi connectivity index (χ3n) is 4.08. The van der Waals surface area contributed by atoms with Crippen LogP contribution in [0.5, 0.6) is 0 Å². The minimum absolute atomic E-state index is 0.163. The standard InChI is InChI=1S/C18H27NO5S/c1-13-6-8-16(9-7-13)25(21)12-15-10-14(23-18(2,3)24-15)11-17(20)19(4)22-5/h6-9,14-15H,10-12H2,1-5H3/t14-,15-,25+/m1/s1. The Morgan fingerprint density at radius 1 is 1.28 bits per heavy atom. The van der Waals surface area contributed by atoms with E-state index in [9.17, 15) is 9.00 Å². The molecule has 0 radical (unpaired) electrons. The molecular weight excluding hydrogens is 342 g/mol. The van der Waals surface area contributed by atoms with Crippen molar-refractivity contribution in [1.29, 1.82) is 0 Å². The van der Waals surface area contributed by atoms with Gasteiger partial charge in [-0.25, -0.2) is 5.06 Å². The molecule has 1 amide bonds. The first-order valence-electron chi connectivity index (χ1n) is 8.31. The first kappa shape index (κ1) is 20.0. The molecule has 0 N–H and O–H groups in total. The van der Waals surface area contributed by atoms with Gasteiger partial charge in [-0.1, -0.05) is 17.7 Å². The average Bonchev–Trinajstić information content (AvgIpc) is 2.52. The van der Waals surface area contributed by atoms with E-state index in [0.29, 0.717) is 12.2 Å². The van der Waals surface area contributed by atoms with E-state index < -0.39 is 16.6 Å². The summed E-state index contributed by atoms with van der Waals surface area (Å²) in [6, 6.07) is 7.66. The SMILES string of the molecule is CON(C)C(=O)C[C@H]1C[C@H](C[S@](=O)c2ccc(C)cc2)OC(C)(C)O1. The summed E-state index contributed by atoms with van der Waals surface area (Å²) in [6.07, 6.45) is 0.181. The highest BCUT2D eigenvalue weighted by molar-refractivity contribution is 7.85. The Hall–Kier alpha value is -1.28. The van der Waals surface area contributed by atoms with E-state index in [-0.39, 0.29) is 24.5 Å². The van der Waals surface area contributed by atoms with Gasteiger partial charge >= 0.3 is 0 Å². The van der Waals surface area contributed by atoms with E-state index in [1.165, 1.54) is 12.2 Å². The number of hydrogen-bond acceptors (Lipinski definition) is 5. The van der Waals surface area contributed by atoms with E-state index in [1.807, 2.05) is 45.0 Å². The van der Waals surface area contributed by atoms with Gasteiger partial charge in [-0.3, -0.25) is 13.8 Å². The van der Waals surface area contributed by atoms with Gasteiger partial charge < -0.3 is 9.47 Å². The highest BCUT2D eigenvalue weighted by Crippen LogP contribution is 2.29. The zero-order valence-corrected chi connectivity index (χ0v) is 16.3. The van der Waals surface area contributed by atoms with E-state index in [2.05, 4.69) is 0 Å². The largest absolute Gasteiger partial charge is 0.347 e. The zero-order valence-electron chi connectivity index (χ0n) is 15.5. The van der Waals surface area contributed by atoms with Crippen LogP contribution in [0.2, 0.25) is 0 Å². The summed E-state index contributed by atoms with van der Waals surface area (Å²) in [5.41, 5.74) is 1.13. The summed E-state index contributed by atoms with van der Waals surface area (Å²) in [5, 5.41) is 1.19. The maximum absolute atomic E-state index is 12.6. The summed E-state index contributed by atoms with van der Waals surface area (Å²) in [4.78, 5) is 17.8. The fourth-order valence-electron chi connectivity index (χ4n) is 2.83. The van der Waals surface area contributed by atoms with Crippen molar-refractivity contribution in [2.75, 3.05) is 19.9 Å². The van der Waals surface area contributed by atoms with Crippen molar-refractivity contribution in [2.45, 2.75) is 56.5 Å². The number of hydroxylamine groups is 2. The molecule has 140 valence electrons. The van der Waals surface area contributed by atoms with Crippen LogP contribution in [-0.2, 0) is 29.9 Å². The third kappa shape index (κ3) is 5.88. The van der Waals surface area contributed by atoms with Crippen molar-refractivity contribution in [3.63, 3.8) is 0 Å². The zero-order chi connectivity index (χ0) is 18.6. The number of amides is 1. The summed E-state index contributed by atoms with van der Waals surface area (Å²) in [7, 11) is 1.85. The second-order valence-electron chi connectivity index (χ2n) is 6.72. The summed E-state index contributed by atoms with van der Waals surface area (Å²) >= 11 is 0. The Kier molecular flexibility index (Phi) is 6.73.